The van der Waals surface area contributed by atoms with Crippen LogP contribution in [0.3, 0.4) is 0 Å². The van der Waals surface area contributed by atoms with Crippen LogP contribution in [0.25, 0.3) is 16.7 Å². The third-order valence-corrected chi connectivity index (χ3v) is 4.48. The zero-order valence-electron chi connectivity index (χ0n) is 13.5. The predicted molar refractivity (Wildman–Crippen MR) is 87.2 cm³/mol. The minimum Gasteiger partial charge on any atom is -0.342 e. The molecule has 120 valence electrons. The maximum Gasteiger partial charge on any atom is 0.263 e. The lowest BCUT2D eigenvalue weighted by Crippen LogP contribution is -2.23. The molecule has 4 heterocycles. The maximum atomic E-state index is 12.4. The first kappa shape index (κ1) is 14.0. The molecule has 1 aliphatic heterocycles. The zero-order valence-corrected chi connectivity index (χ0v) is 13.5. The molecule has 0 amide bonds. The molecule has 0 atom stereocenters. The number of aryl methyl sites for hydroxylation is 2. The van der Waals surface area contributed by atoms with Gasteiger partial charge in [0.15, 0.2) is 5.65 Å². The summed E-state index contributed by atoms with van der Waals surface area (Å²) in [6.45, 7) is 5.77. The van der Waals surface area contributed by atoms with Gasteiger partial charge in [-0.3, -0.25) is 14.5 Å². The second kappa shape index (κ2) is 4.94. The lowest BCUT2D eigenvalue weighted by Gasteiger charge is -2.14. The molecule has 3 aromatic heterocycles. The Kier molecular flexibility index (Phi) is 3.00. The summed E-state index contributed by atoms with van der Waals surface area (Å²) in [6, 6.07) is 0. The summed E-state index contributed by atoms with van der Waals surface area (Å²) in [7, 11) is 1.89. The van der Waals surface area contributed by atoms with Gasteiger partial charge in [-0.1, -0.05) is 0 Å². The first-order valence-electron chi connectivity index (χ1n) is 7.80. The number of aromatic nitrogens is 6. The van der Waals surface area contributed by atoms with Gasteiger partial charge in [-0.05, 0) is 26.7 Å². The Morgan fingerprint density at radius 1 is 1.17 bits per heavy atom. The first-order valence-corrected chi connectivity index (χ1v) is 7.80. The van der Waals surface area contributed by atoms with Gasteiger partial charge in [-0.25, -0.2) is 4.68 Å². The fourth-order valence-corrected chi connectivity index (χ4v) is 3.19. The quantitative estimate of drug-likeness (QED) is 0.764. The van der Waals surface area contributed by atoms with Crippen molar-refractivity contribution in [2.24, 2.45) is 7.05 Å². The van der Waals surface area contributed by atoms with Crippen molar-refractivity contribution in [3.05, 3.63) is 27.9 Å². The van der Waals surface area contributed by atoms with Crippen LogP contribution in [0.2, 0.25) is 0 Å². The molecule has 1 aliphatic rings. The lowest BCUT2D eigenvalue weighted by atomic mass is 10.3. The molecule has 1 fully saturated rings. The van der Waals surface area contributed by atoms with Gasteiger partial charge in [0.25, 0.3) is 5.56 Å². The van der Waals surface area contributed by atoms with Crippen molar-refractivity contribution in [1.29, 1.82) is 0 Å². The van der Waals surface area contributed by atoms with Crippen molar-refractivity contribution in [3.8, 4) is 5.69 Å². The molecule has 0 radical (unpaired) electrons. The topological polar surface area (TPSA) is 84.6 Å². The van der Waals surface area contributed by atoms with Crippen molar-refractivity contribution in [2.45, 2.75) is 26.7 Å². The number of hydrogen-bond acceptors (Lipinski definition) is 5. The number of aromatic amines is 1. The van der Waals surface area contributed by atoms with E-state index in [2.05, 4.69) is 25.1 Å². The number of nitrogens with zero attached hydrogens (tertiary/aromatic N) is 6. The molecule has 1 N–H and O–H groups in total. The molecule has 0 aliphatic carbocycles. The van der Waals surface area contributed by atoms with Crippen LogP contribution in [0.5, 0.6) is 0 Å². The number of hydrogen-bond donors (Lipinski definition) is 1. The predicted octanol–water partition coefficient (Wildman–Crippen LogP) is 1.06. The van der Waals surface area contributed by atoms with Crippen molar-refractivity contribution in [3.63, 3.8) is 0 Å². The van der Waals surface area contributed by atoms with Crippen LogP contribution in [0.4, 0.5) is 5.95 Å². The van der Waals surface area contributed by atoms with Gasteiger partial charge in [0.1, 0.15) is 11.1 Å². The third kappa shape index (κ3) is 2.13. The number of anilines is 1. The minimum absolute atomic E-state index is 0.151. The Morgan fingerprint density at radius 3 is 2.57 bits per heavy atom. The molecule has 4 rings (SSSR count). The lowest BCUT2D eigenvalue weighted by molar-refractivity contribution is 0.729. The SMILES string of the molecule is Cc1nn(C)c(C)c1-n1cc2c(=O)[nH]c(N3CCCC3)nc2n1. The molecular formula is C15H19N7O. The van der Waals surface area contributed by atoms with Crippen molar-refractivity contribution in [1.82, 2.24) is 29.5 Å². The maximum absolute atomic E-state index is 12.4. The Labute approximate surface area is 132 Å². The summed E-state index contributed by atoms with van der Waals surface area (Å²) in [5.74, 6) is 0.616. The molecule has 8 nitrogen and oxygen atoms in total. The van der Waals surface area contributed by atoms with E-state index >= 15 is 0 Å². The Bertz CT molecular complexity index is 943. The summed E-state index contributed by atoms with van der Waals surface area (Å²) in [5.41, 5.74) is 3.08. The van der Waals surface area contributed by atoms with Crippen LogP contribution in [0, 0.1) is 13.8 Å². The average molecular weight is 313 g/mol. The van der Waals surface area contributed by atoms with Crippen LogP contribution < -0.4 is 10.5 Å². The highest BCUT2D eigenvalue weighted by atomic mass is 16.1. The van der Waals surface area contributed by atoms with E-state index < -0.39 is 0 Å². The van der Waals surface area contributed by atoms with E-state index in [9.17, 15) is 4.79 Å². The summed E-state index contributed by atoms with van der Waals surface area (Å²) in [5, 5.41) is 9.41. The van der Waals surface area contributed by atoms with Crippen LogP contribution in [-0.4, -0.2) is 42.6 Å². The van der Waals surface area contributed by atoms with Crippen LogP contribution >= 0.6 is 0 Å². The van der Waals surface area contributed by atoms with Crippen molar-refractivity contribution >= 4 is 17.0 Å². The van der Waals surface area contributed by atoms with Gasteiger partial charge in [0.2, 0.25) is 5.95 Å². The molecule has 0 bridgehead atoms. The van der Waals surface area contributed by atoms with Gasteiger partial charge in [0.05, 0.1) is 11.4 Å². The number of rotatable bonds is 2. The first-order chi connectivity index (χ1) is 11.0. The fraction of sp³-hybridized carbons (Fsp3) is 0.467. The molecule has 0 aromatic carbocycles. The Balaban J connectivity index is 1.87. The van der Waals surface area contributed by atoms with E-state index in [1.165, 1.54) is 0 Å². The summed E-state index contributed by atoms with van der Waals surface area (Å²) in [6.07, 6.45) is 3.99. The van der Waals surface area contributed by atoms with Gasteiger partial charge in [-0.2, -0.15) is 10.1 Å². The smallest absolute Gasteiger partial charge is 0.263 e. The molecule has 0 spiro atoms. The van der Waals surface area contributed by atoms with Crippen LogP contribution in [-0.2, 0) is 7.05 Å². The largest absolute Gasteiger partial charge is 0.342 e. The van der Waals surface area contributed by atoms with E-state index in [1.54, 1.807) is 10.9 Å². The summed E-state index contributed by atoms with van der Waals surface area (Å²) in [4.78, 5) is 21.9. The molecule has 0 saturated carbocycles. The highest BCUT2D eigenvalue weighted by Gasteiger charge is 2.19. The van der Waals surface area contributed by atoms with E-state index in [4.69, 9.17) is 0 Å². The Morgan fingerprint density at radius 2 is 1.91 bits per heavy atom. The molecule has 3 aromatic rings. The fourth-order valence-electron chi connectivity index (χ4n) is 3.19. The highest BCUT2D eigenvalue weighted by Crippen LogP contribution is 2.20. The normalized spacial score (nSPS) is 15.0. The molecule has 0 unspecified atom stereocenters. The van der Waals surface area contributed by atoms with Gasteiger partial charge in [0, 0.05) is 26.3 Å². The van der Waals surface area contributed by atoms with Gasteiger partial charge >= 0.3 is 0 Å². The molecule has 23 heavy (non-hydrogen) atoms. The van der Waals surface area contributed by atoms with E-state index in [0.717, 1.165) is 43.0 Å². The molecular weight excluding hydrogens is 294 g/mol. The Hall–Kier alpha value is -2.64. The number of fused-ring (bicyclic) bond motifs is 1. The van der Waals surface area contributed by atoms with Crippen LogP contribution in [0.1, 0.15) is 24.2 Å². The zero-order chi connectivity index (χ0) is 16.1. The highest BCUT2D eigenvalue weighted by molar-refractivity contribution is 5.74. The number of nitrogens with one attached hydrogen (secondary N) is 1. The van der Waals surface area contributed by atoms with Gasteiger partial charge in [-0.15, -0.1) is 5.10 Å². The van der Waals surface area contributed by atoms with Crippen LogP contribution in [0.15, 0.2) is 11.0 Å². The third-order valence-electron chi connectivity index (χ3n) is 4.48. The summed E-state index contributed by atoms with van der Waals surface area (Å²) >= 11 is 0. The van der Waals surface area contributed by atoms with Crippen molar-refractivity contribution < 1.29 is 0 Å². The van der Waals surface area contributed by atoms with Gasteiger partial charge < -0.3 is 4.90 Å². The molecule has 1 saturated heterocycles. The minimum atomic E-state index is -0.151. The van der Waals surface area contributed by atoms with E-state index in [-0.39, 0.29) is 5.56 Å². The van der Waals surface area contributed by atoms with Crippen molar-refractivity contribution in [2.75, 3.05) is 18.0 Å². The molecule has 8 heteroatoms. The average Bonchev–Trinajstić information content (AvgIpc) is 3.19. The standard InChI is InChI=1S/C15H19N7O/c1-9-12(10(2)20(3)18-9)22-8-11-13(19-22)16-15(17-14(11)23)21-6-4-5-7-21/h8H,4-7H2,1-3H3,(H,16,17,19,23). The second-order valence-corrected chi connectivity index (χ2v) is 6.04. The number of H-pyrrole nitrogens is 1. The second-order valence-electron chi connectivity index (χ2n) is 6.04. The van der Waals surface area contributed by atoms with E-state index in [1.807, 2.05) is 25.6 Å². The van der Waals surface area contributed by atoms with E-state index in [0.29, 0.717) is 17.0 Å². The summed E-state index contributed by atoms with van der Waals surface area (Å²) < 4.78 is 3.52. The monoisotopic (exact) mass is 313 g/mol.